The summed E-state index contributed by atoms with van der Waals surface area (Å²) in [7, 11) is 0. The van der Waals surface area contributed by atoms with Crippen molar-refractivity contribution in [3.63, 3.8) is 0 Å². The molecule has 4 aromatic rings. The van der Waals surface area contributed by atoms with Gasteiger partial charge in [-0.05, 0) is 80.5 Å². The number of hydrogen-bond donors (Lipinski definition) is 1. The Balaban J connectivity index is 1.77. The molecule has 216 valence electrons. The predicted molar refractivity (Wildman–Crippen MR) is 166 cm³/mol. The number of rotatable bonds is 6. The molecule has 1 aliphatic rings. The number of benzene rings is 4. The number of anilines is 1. The monoisotopic (exact) mass is 563 g/mol. The Morgan fingerprint density at radius 3 is 2.14 bits per heavy atom. The molecule has 0 aliphatic carbocycles. The van der Waals surface area contributed by atoms with Crippen LogP contribution in [0.3, 0.4) is 0 Å². The Bertz CT molecular complexity index is 1630. The summed E-state index contributed by atoms with van der Waals surface area (Å²) >= 11 is 0. The lowest BCUT2D eigenvalue weighted by molar-refractivity contribution is -0.160. The summed E-state index contributed by atoms with van der Waals surface area (Å²) in [4.78, 5) is 28.3. The number of carboxylic acids is 1. The van der Waals surface area contributed by atoms with Crippen molar-refractivity contribution in [2.45, 2.75) is 66.4 Å². The van der Waals surface area contributed by atoms with Gasteiger partial charge in [0.2, 0.25) is 0 Å². The van der Waals surface area contributed by atoms with E-state index in [0.29, 0.717) is 23.4 Å². The number of hydrogen-bond acceptors (Lipinski definition) is 4. The molecule has 1 amide bonds. The van der Waals surface area contributed by atoms with E-state index < -0.39 is 23.8 Å². The Morgan fingerprint density at radius 2 is 1.50 bits per heavy atom. The maximum Gasteiger partial charge on any atom is 0.414 e. The van der Waals surface area contributed by atoms with Crippen LogP contribution in [0, 0.1) is 20.8 Å². The Kier molecular flexibility index (Phi) is 7.93. The molecule has 1 atom stereocenters. The molecule has 0 fully saturated rings. The molecule has 6 heteroatoms. The van der Waals surface area contributed by atoms with Crippen molar-refractivity contribution in [2.75, 3.05) is 4.90 Å². The van der Waals surface area contributed by atoms with Crippen LogP contribution in [-0.2, 0) is 27.4 Å². The molecule has 42 heavy (non-hydrogen) atoms. The van der Waals surface area contributed by atoms with Crippen molar-refractivity contribution >= 4 is 17.7 Å². The number of carbonyl (C=O) groups is 2. The second kappa shape index (κ2) is 11.5. The van der Waals surface area contributed by atoms with E-state index in [1.807, 2.05) is 114 Å². The second-order valence-corrected chi connectivity index (χ2v) is 11.9. The fraction of sp³-hybridized carbons (Fsp3) is 0.278. The molecule has 1 unspecified atom stereocenters. The summed E-state index contributed by atoms with van der Waals surface area (Å²) in [5.41, 5.74) is 8.60. The van der Waals surface area contributed by atoms with Crippen LogP contribution in [-0.4, -0.2) is 22.8 Å². The van der Waals surface area contributed by atoms with Gasteiger partial charge in [0, 0.05) is 11.1 Å². The lowest BCUT2D eigenvalue weighted by atomic mass is 9.79. The quantitative estimate of drug-likeness (QED) is 0.254. The number of carbonyl (C=O) groups excluding carboxylic acids is 1. The molecular formula is C36H37NO5. The summed E-state index contributed by atoms with van der Waals surface area (Å²) in [6, 6.07) is 25.7. The van der Waals surface area contributed by atoms with Crippen molar-refractivity contribution in [2.24, 2.45) is 0 Å². The van der Waals surface area contributed by atoms with E-state index in [-0.39, 0.29) is 6.61 Å². The number of ether oxygens (including phenoxy) is 2. The highest BCUT2D eigenvalue weighted by Gasteiger charge is 2.38. The molecule has 0 bridgehead atoms. The van der Waals surface area contributed by atoms with Crippen LogP contribution in [0.4, 0.5) is 10.5 Å². The zero-order valence-electron chi connectivity index (χ0n) is 25.0. The van der Waals surface area contributed by atoms with Crippen molar-refractivity contribution in [1.82, 2.24) is 0 Å². The summed E-state index contributed by atoms with van der Waals surface area (Å²) in [6.45, 7) is 11.9. The zero-order valence-corrected chi connectivity index (χ0v) is 25.0. The van der Waals surface area contributed by atoms with Gasteiger partial charge in [-0.15, -0.1) is 0 Å². The fourth-order valence-electron chi connectivity index (χ4n) is 5.78. The number of aliphatic carboxylic acids is 1. The van der Waals surface area contributed by atoms with Gasteiger partial charge < -0.3 is 14.6 Å². The molecule has 0 saturated carbocycles. The van der Waals surface area contributed by atoms with Crippen LogP contribution >= 0.6 is 0 Å². The Morgan fingerprint density at radius 1 is 0.857 bits per heavy atom. The van der Waals surface area contributed by atoms with Crippen LogP contribution in [0.25, 0.3) is 22.3 Å². The van der Waals surface area contributed by atoms with E-state index in [0.717, 1.165) is 44.5 Å². The van der Waals surface area contributed by atoms with Gasteiger partial charge in [0.15, 0.2) is 6.10 Å². The molecule has 0 saturated heterocycles. The minimum absolute atomic E-state index is 0.129. The standard InChI is InChI=1S/C36H37NO5/c1-22-16-18-26(19-17-22)29-23(2)30-28-15-11-10-14-27(28)20-37(35(40)41-21-25-12-8-7-9-13-25)32(30)24(3)31(29)33(34(38)39)42-36(4,5)6/h7-19,33H,20-21H2,1-6H3,(H,38,39). The summed E-state index contributed by atoms with van der Waals surface area (Å²) in [5, 5.41) is 10.5. The van der Waals surface area contributed by atoms with Crippen LogP contribution < -0.4 is 4.90 Å². The van der Waals surface area contributed by atoms with Crippen LogP contribution in [0.2, 0.25) is 0 Å². The third-order valence-corrected chi connectivity index (χ3v) is 7.62. The first-order valence-corrected chi connectivity index (χ1v) is 14.2. The maximum atomic E-state index is 13.8. The molecule has 6 nitrogen and oxygen atoms in total. The zero-order chi connectivity index (χ0) is 30.2. The van der Waals surface area contributed by atoms with E-state index in [4.69, 9.17) is 9.47 Å². The molecule has 5 rings (SSSR count). The first kappa shape index (κ1) is 29.1. The van der Waals surface area contributed by atoms with Gasteiger partial charge in [-0.25, -0.2) is 9.59 Å². The minimum atomic E-state index is -1.26. The molecule has 1 N–H and O–H groups in total. The third kappa shape index (κ3) is 5.68. The van der Waals surface area contributed by atoms with Crippen LogP contribution in [0.5, 0.6) is 0 Å². The van der Waals surface area contributed by atoms with E-state index in [1.54, 1.807) is 4.90 Å². The molecule has 1 aliphatic heterocycles. The largest absolute Gasteiger partial charge is 0.479 e. The fourth-order valence-corrected chi connectivity index (χ4v) is 5.78. The SMILES string of the molecule is Cc1ccc(-c2c(C)c3c(c(C)c2C(OC(C)(C)C)C(=O)O)N(C(=O)OCc2ccccc2)Cc2ccccc2-3)cc1. The lowest BCUT2D eigenvalue weighted by Crippen LogP contribution is -2.35. The summed E-state index contributed by atoms with van der Waals surface area (Å²) in [6.07, 6.45) is -1.75. The Labute approximate surface area is 247 Å². The highest BCUT2D eigenvalue weighted by molar-refractivity contribution is 6.03. The molecule has 0 spiro atoms. The van der Waals surface area contributed by atoms with Gasteiger partial charge in [0.1, 0.15) is 6.61 Å². The Hall–Kier alpha value is -4.42. The van der Waals surface area contributed by atoms with Gasteiger partial charge in [0.25, 0.3) is 0 Å². The molecule has 4 aromatic carbocycles. The topological polar surface area (TPSA) is 76.1 Å². The van der Waals surface area contributed by atoms with Crippen molar-refractivity contribution in [3.8, 4) is 22.3 Å². The van der Waals surface area contributed by atoms with Crippen molar-refractivity contribution in [1.29, 1.82) is 0 Å². The van der Waals surface area contributed by atoms with Crippen LogP contribution in [0.15, 0.2) is 78.9 Å². The average Bonchev–Trinajstić information content (AvgIpc) is 2.96. The summed E-state index contributed by atoms with van der Waals surface area (Å²) in [5.74, 6) is -1.09. The second-order valence-electron chi connectivity index (χ2n) is 11.9. The third-order valence-electron chi connectivity index (χ3n) is 7.62. The molecule has 1 heterocycles. The first-order valence-electron chi connectivity index (χ1n) is 14.2. The normalized spacial score (nSPS) is 13.2. The predicted octanol–water partition coefficient (Wildman–Crippen LogP) is 8.54. The van der Waals surface area contributed by atoms with Gasteiger partial charge in [-0.1, -0.05) is 84.4 Å². The number of nitrogens with zero attached hydrogens (tertiary/aromatic N) is 1. The van der Waals surface area contributed by atoms with Crippen molar-refractivity contribution in [3.05, 3.63) is 112 Å². The van der Waals surface area contributed by atoms with E-state index in [2.05, 4.69) is 6.07 Å². The number of aryl methyl sites for hydroxylation is 1. The first-order chi connectivity index (χ1) is 20.0. The maximum absolute atomic E-state index is 13.8. The van der Waals surface area contributed by atoms with Crippen molar-refractivity contribution < 1.29 is 24.2 Å². The highest BCUT2D eigenvalue weighted by Crippen LogP contribution is 2.51. The molecule has 0 radical (unpaired) electrons. The van der Waals surface area contributed by atoms with E-state index in [1.165, 1.54) is 0 Å². The minimum Gasteiger partial charge on any atom is -0.479 e. The lowest BCUT2D eigenvalue weighted by Gasteiger charge is -2.37. The van der Waals surface area contributed by atoms with Gasteiger partial charge in [0.05, 0.1) is 17.8 Å². The summed E-state index contributed by atoms with van der Waals surface area (Å²) < 4.78 is 12.1. The number of fused-ring (bicyclic) bond motifs is 3. The average molecular weight is 564 g/mol. The number of amides is 1. The molecular weight excluding hydrogens is 526 g/mol. The van der Waals surface area contributed by atoms with Gasteiger partial charge in [-0.3, -0.25) is 4.90 Å². The van der Waals surface area contributed by atoms with Gasteiger partial charge in [-0.2, -0.15) is 0 Å². The molecule has 0 aromatic heterocycles. The van der Waals surface area contributed by atoms with Gasteiger partial charge >= 0.3 is 12.1 Å². The van der Waals surface area contributed by atoms with E-state index >= 15 is 0 Å². The van der Waals surface area contributed by atoms with Crippen LogP contribution in [0.1, 0.15) is 60.3 Å². The number of carboxylic acid groups (broad SMARTS) is 1. The van der Waals surface area contributed by atoms with E-state index in [9.17, 15) is 14.7 Å². The highest BCUT2D eigenvalue weighted by atomic mass is 16.6. The smallest absolute Gasteiger partial charge is 0.414 e.